The first-order chi connectivity index (χ1) is 10.7. The molecule has 1 aromatic carbocycles. The number of nitrogens with one attached hydrogen (secondary N) is 1. The van der Waals surface area contributed by atoms with Crippen molar-refractivity contribution in [3.63, 3.8) is 0 Å². The van der Waals surface area contributed by atoms with Crippen LogP contribution in [0.25, 0.3) is 0 Å². The fraction of sp³-hybridized carbons (Fsp3) is 0.611. The van der Waals surface area contributed by atoms with Crippen LogP contribution in [0.4, 0.5) is 0 Å². The van der Waals surface area contributed by atoms with Crippen molar-refractivity contribution in [1.82, 2.24) is 10.2 Å². The Hall–Kier alpha value is -1.06. The van der Waals surface area contributed by atoms with Gasteiger partial charge in [-0.25, -0.2) is 0 Å². The lowest BCUT2D eigenvalue weighted by Crippen LogP contribution is -2.32. The van der Waals surface area contributed by atoms with Crippen LogP contribution in [0.15, 0.2) is 24.3 Å². The molecule has 2 saturated heterocycles. The van der Waals surface area contributed by atoms with Crippen molar-refractivity contribution in [2.75, 3.05) is 19.6 Å². The van der Waals surface area contributed by atoms with Gasteiger partial charge in [-0.1, -0.05) is 23.7 Å². The van der Waals surface area contributed by atoms with E-state index >= 15 is 0 Å². The minimum Gasteiger partial charge on any atom is -0.336 e. The molecule has 0 saturated carbocycles. The van der Waals surface area contributed by atoms with Crippen molar-refractivity contribution in [3.05, 3.63) is 34.9 Å². The molecular weight excluding hydrogens is 296 g/mol. The third-order valence-electron chi connectivity index (χ3n) is 5.05. The van der Waals surface area contributed by atoms with Crippen LogP contribution in [-0.4, -0.2) is 30.4 Å². The van der Waals surface area contributed by atoms with Gasteiger partial charge in [0.25, 0.3) is 0 Å². The number of nitrogens with zero attached hydrogens (tertiary/aromatic N) is 1. The third-order valence-corrected chi connectivity index (χ3v) is 5.31. The van der Waals surface area contributed by atoms with E-state index in [0.29, 0.717) is 12.3 Å². The van der Waals surface area contributed by atoms with Gasteiger partial charge in [-0.2, -0.15) is 0 Å². The van der Waals surface area contributed by atoms with Crippen LogP contribution in [0.2, 0.25) is 5.02 Å². The molecule has 4 heteroatoms. The van der Waals surface area contributed by atoms with Gasteiger partial charge in [-0.3, -0.25) is 4.79 Å². The van der Waals surface area contributed by atoms with Crippen LogP contribution in [0.3, 0.4) is 0 Å². The smallest absolute Gasteiger partial charge is 0.223 e. The first-order valence-corrected chi connectivity index (χ1v) is 8.87. The maximum Gasteiger partial charge on any atom is 0.223 e. The van der Waals surface area contributed by atoms with Gasteiger partial charge in [0.1, 0.15) is 0 Å². The molecule has 1 atom stereocenters. The minimum atomic E-state index is 0.248. The SMILES string of the molecule is O=C(CCC1CCNCC1)N1CCCC1c1ccc(Cl)cc1. The van der Waals surface area contributed by atoms with Crippen LogP contribution >= 0.6 is 11.6 Å². The van der Waals surface area contributed by atoms with Crippen molar-refractivity contribution in [3.8, 4) is 0 Å². The summed E-state index contributed by atoms with van der Waals surface area (Å²) in [5.41, 5.74) is 1.22. The maximum atomic E-state index is 12.6. The fourth-order valence-electron chi connectivity index (χ4n) is 3.74. The Balaban J connectivity index is 1.57. The number of amides is 1. The van der Waals surface area contributed by atoms with Crippen molar-refractivity contribution in [1.29, 1.82) is 0 Å². The van der Waals surface area contributed by atoms with Crippen LogP contribution in [-0.2, 0) is 4.79 Å². The predicted octanol–water partition coefficient (Wildman–Crippen LogP) is 3.78. The molecule has 0 aromatic heterocycles. The molecule has 3 nitrogen and oxygen atoms in total. The van der Waals surface area contributed by atoms with Gasteiger partial charge < -0.3 is 10.2 Å². The zero-order chi connectivity index (χ0) is 15.4. The summed E-state index contributed by atoms with van der Waals surface area (Å²) in [5, 5.41) is 4.14. The average Bonchev–Trinajstić information content (AvgIpc) is 3.04. The zero-order valence-corrected chi connectivity index (χ0v) is 13.8. The molecule has 3 rings (SSSR count). The molecule has 2 aliphatic rings. The largest absolute Gasteiger partial charge is 0.336 e. The van der Waals surface area contributed by atoms with Crippen LogP contribution in [0.1, 0.15) is 50.1 Å². The fourth-order valence-corrected chi connectivity index (χ4v) is 3.86. The van der Waals surface area contributed by atoms with Crippen LogP contribution in [0, 0.1) is 5.92 Å². The lowest BCUT2D eigenvalue weighted by molar-refractivity contribution is -0.132. The van der Waals surface area contributed by atoms with Gasteiger partial charge in [0, 0.05) is 18.0 Å². The summed E-state index contributed by atoms with van der Waals surface area (Å²) in [5.74, 6) is 1.05. The second-order valence-corrected chi connectivity index (χ2v) is 6.97. The van der Waals surface area contributed by atoms with Gasteiger partial charge in [0.05, 0.1) is 6.04 Å². The highest BCUT2D eigenvalue weighted by Gasteiger charge is 2.30. The number of carbonyl (C=O) groups is 1. The Labute approximate surface area is 138 Å². The molecule has 2 aliphatic heterocycles. The number of halogens is 1. The molecule has 0 bridgehead atoms. The highest BCUT2D eigenvalue weighted by atomic mass is 35.5. The summed E-state index contributed by atoms with van der Waals surface area (Å²) in [7, 11) is 0. The molecule has 0 radical (unpaired) electrons. The van der Waals surface area contributed by atoms with Crippen molar-refractivity contribution in [2.24, 2.45) is 5.92 Å². The van der Waals surface area contributed by atoms with E-state index in [-0.39, 0.29) is 6.04 Å². The van der Waals surface area contributed by atoms with Crippen molar-refractivity contribution in [2.45, 2.75) is 44.6 Å². The molecule has 1 unspecified atom stereocenters. The van der Waals surface area contributed by atoms with Gasteiger partial charge >= 0.3 is 0 Å². The Bertz CT molecular complexity index is 496. The van der Waals surface area contributed by atoms with Gasteiger partial charge in [-0.15, -0.1) is 0 Å². The molecule has 1 N–H and O–H groups in total. The van der Waals surface area contributed by atoms with Crippen molar-refractivity contribution < 1.29 is 4.79 Å². The molecule has 1 aromatic rings. The standard InChI is InChI=1S/C18H25ClN2O/c19-16-6-4-15(5-7-16)17-2-1-13-21(17)18(22)8-3-14-9-11-20-12-10-14/h4-7,14,17,20H,1-3,8-13H2. The maximum absolute atomic E-state index is 12.6. The summed E-state index contributed by atoms with van der Waals surface area (Å²) in [6, 6.07) is 8.22. The van der Waals surface area contributed by atoms with Gasteiger partial charge in [0.15, 0.2) is 0 Å². The average molecular weight is 321 g/mol. The van der Waals surface area contributed by atoms with Crippen LogP contribution < -0.4 is 5.32 Å². The van der Waals surface area contributed by atoms with E-state index in [1.807, 2.05) is 12.1 Å². The van der Waals surface area contributed by atoms with E-state index in [1.54, 1.807) is 0 Å². The van der Waals surface area contributed by atoms with E-state index in [9.17, 15) is 4.79 Å². The van der Waals surface area contributed by atoms with E-state index in [1.165, 1.54) is 18.4 Å². The van der Waals surface area contributed by atoms with Crippen molar-refractivity contribution >= 4 is 17.5 Å². The molecule has 1 amide bonds. The Kier molecular flexibility index (Phi) is 5.37. The monoisotopic (exact) mass is 320 g/mol. The number of piperidine rings is 1. The van der Waals surface area contributed by atoms with E-state index in [2.05, 4.69) is 22.3 Å². The number of likely N-dealkylation sites (tertiary alicyclic amines) is 1. The summed E-state index contributed by atoms with van der Waals surface area (Å²) in [4.78, 5) is 14.7. The topological polar surface area (TPSA) is 32.3 Å². The Morgan fingerprint density at radius 3 is 2.64 bits per heavy atom. The molecular formula is C18H25ClN2O. The Morgan fingerprint density at radius 2 is 1.91 bits per heavy atom. The second kappa shape index (κ2) is 7.47. The summed E-state index contributed by atoms with van der Waals surface area (Å²) >= 11 is 5.97. The minimum absolute atomic E-state index is 0.248. The van der Waals surface area contributed by atoms with E-state index in [0.717, 1.165) is 49.8 Å². The molecule has 0 spiro atoms. The van der Waals surface area contributed by atoms with Gasteiger partial charge in [-0.05, 0) is 68.8 Å². The molecule has 2 fully saturated rings. The molecule has 0 aliphatic carbocycles. The number of carbonyl (C=O) groups excluding carboxylic acids is 1. The number of hydrogen-bond acceptors (Lipinski definition) is 2. The second-order valence-electron chi connectivity index (χ2n) is 6.53. The summed E-state index contributed by atoms with van der Waals surface area (Å²) < 4.78 is 0. The highest BCUT2D eigenvalue weighted by molar-refractivity contribution is 6.30. The lowest BCUT2D eigenvalue weighted by Gasteiger charge is -2.27. The third kappa shape index (κ3) is 3.82. The number of hydrogen-bond donors (Lipinski definition) is 1. The lowest BCUT2D eigenvalue weighted by atomic mass is 9.93. The summed E-state index contributed by atoms with van der Waals surface area (Å²) in [6.45, 7) is 3.12. The van der Waals surface area contributed by atoms with Crippen LogP contribution in [0.5, 0.6) is 0 Å². The normalized spacial score (nSPS) is 23.0. The first kappa shape index (κ1) is 15.8. The van der Waals surface area contributed by atoms with E-state index in [4.69, 9.17) is 11.6 Å². The first-order valence-electron chi connectivity index (χ1n) is 8.49. The zero-order valence-electron chi connectivity index (χ0n) is 13.1. The molecule has 120 valence electrons. The van der Waals surface area contributed by atoms with E-state index < -0.39 is 0 Å². The van der Waals surface area contributed by atoms with Gasteiger partial charge in [0.2, 0.25) is 5.91 Å². The highest BCUT2D eigenvalue weighted by Crippen LogP contribution is 2.33. The summed E-state index contributed by atoms with van der Waals surface area (Å²) in [6.07, 6.45) is 6.36. The number of rotatable bonds is 4. The Morgan fingerprint density at radius 1 is 1.18 bits per heavy atom. The predicted molar refractivity (Wildman–Crippen MR) is 90.0 cm³/mol. The molecule has 2 heterocycles. The molecule has 22 heavy (non-hydrogen) atoms. The quantitative estimate of drug-likeness (QED) is 0.915. The number of benzene rings is 1.